The molecule has 20 heavy (non-hydrogen) atoms. The predicted molar refractivity (Wildman–Crippen MR) is 72.4 cm³/mol. The molecule has 1 amide bonds. The number of carboxylic acid groups (broad SMARTS) is 1. The van der Waals surface area contributed by atoms with Gasteiger partial charge in [0, 0.05) is 5.69 Å². The molecule has 0 radical (unpaired) electrons. The fourth-order valence-electron chi connectivity index (χ4n) is 1.49. The number of carbonyl (C=O) groups excluding carboxylic acids is 1. The highest BCUT2D eigenvalue weighted by atomic mass is 16.6. The summed E-state index contributed by atoms with van der Waals surface area (Å²) in [5.74, 6) is -1.03. The van der Waals surface area contributed by atoms with E-state index < -0.39 is 17.7 Å². The van der Waals surface area contributed by atoms with Crippen molar-refractivity contribution < 1.29 is 19.4 Å². The fourth-order valence-corrected chi connectivity index (χ4v) is 1.49. The van der Waals surface area contributed by atoms with Gasteiger partial charge in [0.25, 0.3) is 0 Å². The van der Waals surface area contributed by atoms with Gasteiger partial charge in [-0.2, -0.15) is 5.26 Å². The van der Waals surface area contributed by atoms with Crippen LogP contribution in [0.4, 0.5) is 10.5 Å². The Kier molecular flexibility index (Phi) is 4.70. The summed E-state index contributed by atoms with van der Waals surface area (Å²) in [7, 11) is 0. The van der Waals surface area contributed by atoms with Gasteiger partial charge in [-0.25, -0.2) is 4.79 Å². The summed E-state index contributed by atoms with van der Waals surface area (Å²) in [4.78, 5) is 22.5. The molecule has 0 bridgehead atoms. The van der Waals surface area contributed by atoms with Gasteiger partial charge in [-0.3, -0.25) is 10.1 Å². The van der Waals surface area contributed by atoms with E-state index in [-0.39, 0.29) is 12.1 Å². The predicted octanol–water partition coefficient (Wildman–Crippen LogP) is 2.53. The average molecular weight is 276 g/mol. The quantitative estimate of drug-likeness (QED) is 0.883. The van der Waals surface area contributed by atoms with Gasteiger partial charge in [-0.15, -0.1) is 0 Å². The largest absolute Gasteiger partial charge is 0.481 e. The van der Waals surface area contributed by atoms with Crippen LogP contribution in [-0.4, -0.2) is 22.8 Å². The third-order valence-corrected chi connectivity index (χ3v) is 2.22. The number of amides is 1. The van der Waals surface area contributed by atoms with Crippen LogP contribution < -0.4 is 5.32 Å². The van der Waals surface area contributed by atoms with Crippen LogP contribution in [0.2, 0.25) is 0 Å². The minimum absolute atomic E-state index is 0.253. The standard InChI is InChI=1S/C14H16N2O4/c1-14(2,3)20-13(19)16-11-6-9(8-15)4-5-10(11)7-12(17)18/h4-6H,7H2,1-3H3,(H,16,19)(H,17,18). The van der Waals surface area contributed by atoms with E-state index in [9.17, 15) is 9.59 Å². The lowest BCUT2D eigenvalue weighted by Crippen LogP contribution is -2.27. The van der Waals surface area contributed by atoms with E-state index in [4.69, 9.17) is 15.1 Å². The van der Waals surface area contributed by atoms with Gasteiger partial charge in [-0.05, 0) is 38.5 Å². The van der Waals surface area contributed by atoms with E-state index in [1.807, 2.05) is 6.07 Å². The molecule has 0 aliphatic heterocycles. The molecule has 1 aromatic rings. The number of benzene rings is 1. The van der Waals surface area contributed by atoms with Gasteiger partial charge in [0.15, 0.2) is 0 Å². The van der Waals surface area contributed by atoms with Crippen molar-refractivity contribution in [1.29, 1.82) is 5.26 Å². The molecule has 106 valence electrons. The number of nitrogens with one attached hydrogen (secondary N) is 1. The minimum Gasteiger partial charge on any atom is -0.481 e. The second-order valence-electron chi connectivity index (χ2n) is 5.18. The highest BCUT2D eigenvalue weighted by Gasteiger charge is 2.18. The lowest BCUT2D eigenvalue weighted by Gasteiger charge is -2.20. The third kappa shape index (κ3) is 4.98. The molecule has 0 saturated heterocycles. The first-order valence-corrected chi connectivity index (χ1v) is 5.96. The van der Waals surface area contributed by atoms with Crippen LogP contribution in [0.5, 0.6) is 0 Å². The molecule has 2 N–H and O–H groups in total. The minimum atomic E-state index is -1.03. The molecule has 0 fully saturated rings. The molecule has 6 nitrogen and oxygen atoms in total. The zero-order valence-corrected chi connectivity index (χ0v) is 11.6. The Morgan fingerprint density at radius 3 is 2.55 bits per heavy atom. The summed E-state index contributed by atoms with van der Waals surface area (Å²) >= 11 is 0. The Bertz CT molecular complexity index is 568. The molecular formula is C14H16N2O4. The van der Waals surface area contributed by atoms with Crippen LogP contribution in [-0.2, 0) is 16.0 Å². The highest BCUT2D eigenvalue weighted by Crippen LogP contribution is 2.19. The summed E-state index contributed by atoms with van der Waals surface area (Å²) in [5.41, 5.74) is 0.331. The number of rotatable bonds is 3. The van der Waals surface area contributed by atoms with E-state index in [2.05, 4.69) is 5.32 Å². The van der Waals surface area contributed by atoms with Gasteiger partial charge in [0.05, 0.1) is 18.1 Å². The van der Waals surface area contributed by atoms with E-state index in [0.717, 1.165) is 0 Å². The Morgan fingerprint density at radius 2 is 2.05 bits per heavy atom. The topological polar surface area (TPSA) is 99.4 Å². The maximum Gasteiger partial charge on any atom is 0.412 e. The van der Waals surface area contributed by atoms with Crippen LogP contribution in [0.15, 0.2) is 18.2 Å². The van der Waals surface area contributed by atoms with Crippen LogP contribution in [0.1, 0.15) is 31.9 Å². The highest BCUT2D eigenvalue weighted by molar-refractivity contribution is 5.87. The maximum atomic E-state index is 11.7. The average Bonchev–Trinajstić information content (AvgIpc) is 2.28. The number of nitrogens with zero attached hydrogens (tertiary/aromatic N) is 1. The van der Waals surface area contributed by atoms with Crippen molar-refractivity contribution in [1.82, 2.24) is 0 Å². The molecule has 0 spiro atoms. The molecule has 0 aliphatic rings. The normalized spacial score (nSPS) is 10.5. The number of aliphatic carboxylic acids is 1. The van der Waals surface area contributed by atoms with Crippen LogP contribution in [0, 0.1) is 11.3 Å². The molecular weight excluding hydrogens is 260 g/mol. The second kappa shape index (κ2) is 6.06. The zero-order valence-electron chi connectivity index (χ0n) is 11.6. The lowest BCUT2D eigenvalue weighted by atomic mass is 10.1. The summed E-state index contributed by atoms with van der Waals surface area (Å²) in [6.07, 6.45) is -0.948. The Hall–Kier alpha value is -2.55. The van der Waals surface area contributed by atoms with Gasteiger partial charge in [0.1, 0.15) is 5.60 Å². The molecule has 1 aromatic carbocycles. The number of carbonyl (C=O) groups is 2. The van der Waals surface area contributed by atoms with Crippen LogP contribution in [0.3, 0.4) is 0 Å². The SMILES string of the molecule is CC(C)(C)OC(=O)Nc1cc(C#N)ccc1CC(=O)O. The first-order chi connectivity index (χ1) is 9.21. The smallest absolute Gasteiger partial charge is 0.412 e. The lowest BCUT2D eigenvalue weighted by molar-refractivity contribution is -0.136. The monoisotopic (exact) mass is 276 g/mol. The number of ether oxygens (including phenoxy) is 1. The zero-order chi connectivity index (χ0) is 15.3. The fraction of sp³-hybridized carbons (Fsp3) is 0.357. The van der Waals surface area contributed by atoms with Crippen molar-refractivity contribution in [2.45, 2.75) is 32.8 Å². The van der Waals surface area contributed by atoms with E-state index in [1.54, 1.807) is 20.8 Å². The summed E-state index contributed by atoms with van der Waals surface area (Å²) in [6, 6.07) is 6.35. The third-order valence-electron chi connectivity index (χ3n) is 2.22. The molecule has 0 unspecified atom stereocenters. The van der Waals surface area contributed by atoms with Crippen molar-refractivity contribution in [3.8, 4) is 6.07 Å². The Morgan fingerprint density at radius 1 is 1.40 bits per heavy atom. The summed E-state index contributed by atoms with van der Waals surface area (Å²) in [6.45, 7) is 5.16. The van der Waals surface area contributed by atoms with Crippen molar-refractivity contribution in [3.05, 3.63) is 29.3 Å². The summed E-state index contributed by atoms with van der Waals surface area (Å²) < 4.78 is 5.09. The Balaban J connectivity index is 2.99. The first-order valence-electron chi connectivity index (χ1n) is 5.96. The van der Waals surface area contributed by atoms with Gasteiger partial charge < -0.3 is 9.84 Å². The van der Waals surface area contributed by atoms with Crippen molar-refractivity contribution in [3.63, 3.8) is 0 Å². The van der Waals surface area contributed by atoms with E-state index in [1.165, 1.54) is 18.2 Å². The molecule has 1 rings (SSSR count). The number of anilines is 1. The molecule has 0 heterocycles. The molecule has 0 aliphatic carbocycles. The molecule has 0 saturated carbocycles. The van der Waals surface area contributed by atoms with Gasteiger partial charge in [0.2, 0.25) is 0 Å². The van der Waals surface area contributed by atoms with Gasteiger partial charge in [-0.1, -0.05) is 6.07 Å². The molecule has 0 aromatic heterocycles. The maximum absolute atomic E-state index is 11.7. The van der Waals surface area contributed by atoms with Crippen LogP contribution >= 0.6 is 0 Å². The second-order valence-corrected chi connectivity index (χ2v) is 5.18. The molecule has 0 atom stereocenters. The number of hydrogen-bond acceptors (Lipinski definition) is 4. The van der Waals surface area contributed by atoms with Crippen molar-refractivity contribution >= 4 is 17.7 Å². The number of hydrogen-bond donors (Lipinski definition) is 2. The van der Waals surface area contributed by atoms with Crippen LogP contribution in [0.25, 0.3) is 0 Å². The van der Waals surface area contributed by atoms with E-state index >= 15 is 0 Å². The molecule has 6 heteroatoms. The summed E-state index contributed by atoms with van der Waals surface area (Å²) in [5, 5.41) is 20.1. The van der Waals surface area contributed by atoms with Crippen molar-refractivity contribution in [2.75, 3.05) is 5.32 Å². The Labute approximate surface area is 117 Å². The van der Waals surface area contributed by atoms with Gasteiger partial charge >= 0.3 is 12.1 Å². The number of carboxylic acids is 1. The number of nitriles is 1. The van der Waals surface area contributed by atoms with Crippen molar-refractivity contribution in [2.24, 2.45) is 0 Å². The van der Waals surface area contributed by atoms with E-state index in [0.29, 0.717) is 11.1 Å². The first kappa shape index (κ1) is 15.5.